The zero-order valence-corrected chi connectivity index (χ0v) is 10.7. The fraction of sp³-hybridized carbons (Fsp3) is 0.500. The predicted molar refractivity (Wildman–Crippen MR) is 68.8 cm³/mol. The molecule has 0 radical (unpaired) electrons. The van der Waals surface area contributed by atoms with Gasteiger partial charge in [0.05, 0.1) is 15.9 Å². The molecule has 16 heavy (non-hydrogen) atoms. The molecule has 0 aliphatic heterocycles. The lowest BCUT2D eigenvalue weighted by Gasteiger charge is -2.19. The van der Waals surface area contributed by atoms with Gasteiger partial charge >= 0.3 is 0 Å². The Balaban J connectivity index is 2.29. The maximum Gasteiger partial charge on any atom is 0.116 e. The van der Waals surface area contributed by atoms with Crippen LogP contribution in [0.25, 0.3) is 10.2 Å². The summed E-state index contributed by atoms with van der Waals surface area (Å²) in [6, 6.07) is 2.52. The van der Waals surface area contributed by atoms with E-state index in [1.165, 1.54) is 4.70 Å². The number of hydrogen-bond acceptors (Lipinski definition) is 4. The van der Waals surface area contributed by atoms with Crippen LogP contribution in [0, 0.1) is 5.92 Å². The summed E-state index contributed by atoms with van der Waals surface area (Å²) in [6.45, 7) is 4.46. The van der Waals surface area contributed by atoms with Gasteiger partial charge in [-0.15, -0.1) is 11.3 Å². The van der Waals surface area contributed by atoms with E-state index in [4.69, 9.17) is 0 Å². The first-order valence-electron chi connectivity index (χ1n) is 5.56. The van der Waals surface area contributed by atoms with Crippen molar-refractivity contribution in [3.05, 3.63) is 23.5 Å². The number of thiophene rings is 1. The van der Waals surface area contributed by atoms with E-state index in [1.807, 2.05) is 7.05 Å². The standard InChI is InChI=1S/C12H17N3S/c1-8(2)10(13-3)6-11-12-9(4-5-16-12)14-7-15-11/h4-5,7-8,10,13H,6H2,1-3H3. The van der Waals surface area contributed by atoms with Gasteiger partial charge in [-0.05, 0) is 24.4 Å². The van der Waals surface area contributed by atoms with Crippen molar-refractivity contribution in [1.29, 1.82) is 0 Å². The summed E-state index contributed by atoms with van der Waals surface area (Å²) in [5.74, 6) is 0.606. The van der Waals surface area contributed by atoms with Crippen molar-refractivity contribution < 1.29 is 0 Å². The molecule has 0 bridgehead atoms. The van der Waals surface area contributed by atoms with E-state index in [1.54, 1.807) is 17.7 Å². The summed E-state index contributed by atoms with van der Waals surface area (Å²) in [4.78, 5) is 8.67. The summed E-state index contributed by atoms with van der Waals surface area (Å²) >= 11 is 1.73. The molecule has 4 heteroatoms. The normalized spacial score (nSPS) is 13.5. The van der Waals surface area contributed by atoms with Crippen LogP contribution in [-0.4, -0.2) is 23.1 Å². The summed E-state index contributed by atoms with van der Waals surface area (Å²) in [6.07, 6.45) is 2.63. The van der Waals surface area contributed by atoms with E-state index >= 15 is 0 Å². The highest BCUT2D eigenvalue weighted by atomic mass is 32.1. The Labute approximate surface area is 99.9 Å². The molecule has 86 valence electrons. The van der Waals surface area contributed by atoms with Gasteiger partial charge in [0.2, 0.25) is 0 Å². The third kappa shape index (κ3) is 2.23. The Morgan fingerprint density at radius 2 is 2.19 bits per heavy atom. The number of fused-ring (bicyclic) bond motifs is 1. The molecule has 2 heterocycles. The fourth-order valence-electron chi connectivity index (χ4n) is 1.86. The van der Waals surface area contributed by atoms with Crippen LogP contribution < -0.4 is 5.32 Å². The van der Waals surface area contributed by atoms with Gasteiger partial charge in [-0.25, -0.2) is 9.97 Å². The third-order valence-corrected chi connectivity index (χ3v) is 3.86. The summed E-state index contributed by atoms with van der Waals surface area (Å²) in [5.41, 5.74) is 2.22. The molecule has 0 saturated carbocycles. The van der Waals surface area contributed by atoms with E-state index in [2.05, 4.69) is 40.6 Å². The van der Waals surface area contributed by atoms with Crippen molar-refractivity contribution in [3.63, 3.8) is 0 Å². The predicted octanol–water partition coefficient (Wildman–Crippen LogP) is 2.48. The topological polar surface area (TPSA) is 37.8 Å². The van der Waals surface area contributed by atoms with Crippen molar-refractivity contribution in [1.82, 2.24) is 15.3 Å². The zero-order chi connectivity index (χ0) is 11.5. The number of aromatic nitrogens is 2. The highest BCUT2D eigenvalue weighted by molar-refractivity contribution is 7.17. The lowest BCUT2D eigenvalue weighted by atomic mass is 9.99. The molecule has 0 spiro atoms. The van der Waals surface area contributed by atoms with Crippen LogP contribution in [0.15, 0.2) is 17.8 Å². The molecule has 2 aromatic heterocycles. The first-order valence-corrected chi connectivity index (χ1v) is 6.44. The van der Waals surface area contributed by atoms with Gasteiger partial charge in [-0.3, -0.25) is 0 Å². The first-order chi connectivity index (χ1) is 7.72. The van der Waals surface area contributed by atoms with E-state index < -0.39 is 0 Å². The molecule has 1 N–H and O–H groups in total. The second-order valence-electron chi connectivity index (χ2n) is 4.30. The fourth-order valence-corrected chi connectivity index (χ4v) is 2.71. The minimum Gasteiger partial charge on any atom is -0.316 e. The van der Waals surface area contributed by atoms with Crippen LogP contribution in [0.1, 0.15) is 19.5 Å². The highest BCUT2D eigenvalue weighted by Gasteiger charge is 2.14. The van der Waals surface area contributed by atoms with Crippen LogP contribution in [-0.2, 0) is 6.42 Å². The summed E-state index contributed by atoms with van der Waals surface area (Å²) in [7, 11) is 2.01. The smallest absolute Gasteiger partial charge is 0.116 e. The quantitative estimate of drug-likeness (QED) is 0.884. The lowest BCUT2D eigenvalue weighted by Crippen LogP contribution is -2.33. The van der Waals surface area contributed by atoms with Gasteiger partial charge in [-0.2, -0.15) is 0 Å². The Hall–Kier alpha value is -1.000. The van der Waals surface area contributed by atoms with Crippen molar-refractivity contribution in [2.24, 2.45) is 5.92 Å². The second kappa shape index (κ2) is 4.89. The Morgan fingerprint density at radius 1 is 1.38 bits per heavy atom. The van der Waals surface area contributed by atoms with Gasteiger partial charge in [0.1, 0.15) is 6.33 Å². The monoisotopic (exact) mass is 235 g/mol. The van der Waals surface area contributed by atoms with Gasteiger partial charge < -0.3 is 5.32 Å². The van der Waals surface area contributed by atoms with Crippen LogP contribution in [0.3, 0.4) is 0 Å². The maximum atomic E-state index is 4.41. The summed E-state index contributed by atoms with van der Waals surface area (Å²) < 4.78 is 1.23. The van der Waals surface area contributed by atoms with Gasteiger partial charge in [-0.1, -0.05) is 13.8 Å². The maximum absolute atomic E-state index is 4.41. The van der Waals surface area contributed by atoms with Crippen LogP contribution >= 0.6 is 11.3 Å². The molecule has 0 amide bonds. The van der Waals surface area contributed by atoms with E-state index in [9.17, 15) is 0 Å². The molecule has 3 nitrogen and oxygen atoms in total. The van der Waals surface area contributed by atoms with Gasteiger partial charge in [0.15, 0.2) is 0 Å². The van der Waals surface area contributed by atoms with Crippen molar-refractivity contribution >= 4 is 21.6 Å². The molecule has 2 aromatic rings. The molecule has 1 unspecified atom stereocenters. The van der Waals surface area contributed by atoms with Crippen molar-refractivity contribution in [2.45, 2.75) is 26.3 Å². The van der Waals surface area contributed by atoms with E-state index in [0.717, 1.165) is 17.6 Å². The SMILES string of the molecule is CNC(Cc1ncnc2ccsc12)C(C)C. The number of rotatable bonds is 4. The lowest BCUT2D eigenvalue weighted by molar-refractivity contribution is 0.422. The molecule has 0 aliphatic rings. The Bertz CT molecular complexity index is 464. The van der Waals surface area contributed by atoms with E-state index in [-0.39, 0.29) is 0 Å². The number of hydrogen-bond donors (Lipinski definition) is 1. The molecule has 1 atom stereocenters. The van der Waals surface area contributed by atoms with Crippen LogP contribution in [0.2, 0.25) is 0 Å². The van der Waals surface area contributed by atoms with Gasteiger partial charge in [0.25, 0.3) is 0 Å². The summed E-state index contributed by atoms with van der Waals surface area (Å²) in [5, 5.41) is 5.43. The number of nitrogens with zero attached hydrogens (tertiary/aromatic N) is 2. The number of likely N-dealkylation sites (N-methyl/N-ethyl adjacent to an activating group) is 1. The molecule has 0 fully saturated rings. The average molecular weight is 235 g/mol. The van der Waals surface area contributed by atoms with Crippen LogP contribution in [0.5, 0.6) is 0 Å². The minimum absolute atomic E-state index is 0.472. The molecule has 0 saturated heterocycles. The molecule has 2 rings (SSSR count). The third-order valence-electron chi connectivity index (χ3n) is 2.91. The molecular formula is C12H17N3S. The molecule has 0 aliphatic carbocycles. The van der Waals surface area contributed by atoms with Gasteiger partial charge in [0, 0.05) is 12.5 Å². The second-order valence-corrected chi connectivity index (χ2v) is 5.21. The van der Waals surface area contributed by atoms with Crippen molar-refractivity contribution in [3.8, 4) is 0 Å². The Morgan fingerprint density at radius 3 is 2.88 bits per heavy atom. The Kier molecular flexibility index (Phi) is 3.51. The first kappa shape index (κ1) is 11.5. The average Bonchev–Trinajstić information content (AvgIpc) is 2.73. The zero-order valence-electron chi connectivity index (χ0n) is 9.90. The molecule has 0 aromatic carbocycles. The van der Waals surface area contributed by atoms with Crippen LogP contribution in [0.4, 0.5) is 0 Å². The minimum atomic E-state index is 0.472. The molecular weight excluding hydrogens is 218 g/mol. The van der Waals surface area contributed by atoms with E-state index in [0.29, 0.717) is 12.0 Å². The highest BCUT2D eigenvalue weighted by Crippen LogP contribution is 2.22. The largest absolute Gasteiger partial charge is 0.316 e. The van der Waals surface area contributed by atoms with Crippen molar-refractivity contribution in [2.75, 3.05) is 7.05 Å². The number of nitrogens with one attached hydrogen (secondary N) is 1.